The minimum absolute atomic E-state index is 0. The van der Waals surface area contributed by atoms with Crippen LogP contribution < -0.4 is 10.6 Å². The number of nitrogens with one attached hydrogen (secondary N) is 2. The van der Waals surface area contributed by atoms with Gasteiger partial charge in [0.15, 0.2) is 5.96 Å². The Bertz CT molecular complexity index is 824. The quantitative estimate of drug-likeness (QED) is 0.300. The zero-order valence-electron chi connectivity index (χ0n) is 18.3. The van der Waals surface area contributed by atoms with Gasteiger partial charge >= 0.3 is 0 Å². The van der Waals surface area contributed by atoms with Crippen molar-refractivity contribution in [1.82, 2.24) is 15.5 Å². The van der Waals surface area contributed by atoms with E-state index in [2.05, 4.69) is 33.8 Å². The van der Waals surface area contributed by atoms with Crippen LogP contribution in [0.15, 0.2) is 53.5 Å². The summed E-state index contributed by atoms with van der Waals surface area (Å²) in [6.07, 6.45) is 0.808. The van der Waals surface area contributed by atoms with Crippen LogP contribution in [-0.2, 0) is 24.3 Å². The molecule has 0 saturated heterocycles. The van der Waals surface area contributed by atoms with Crippen molar-refractivity contribution in [2.75, 3.05) is 34.3 Å². The largest absolute Gasteiger partial charge is 0.380 e. The lowest BCUT2D eigenvalue weighted by atomic mass is 10.1. The summed E-state index contributed by atoms with van der Waals surface area (Å²) in [5.41, 5.74) is 4.12. The average molecular weight is 524 g/mol. The Morgan fingerprint density at radius 2 is 1.73 bits per heavy atom. The number of guanidine groups is 1. The summed E-state index contributed by atoms with van der Waals surface area (Å²) in [6.45, 7) is 4.77. The first kappa shape index (κ1) is 25.9. The fraction of sp³-hybridized carbons (Fsp3) is 0.391. The number of benzene rings is 2. The lowest BCUT2D eigenvalue weighted by molar-refractivity contribution is 0.0827. The zero-order valence-corrected chi connectivity index (χ0v) is 20.6. The predicted octanol–water partition coefficient (Wildman–Crippen LogP) is 3.45. The molecule has 7 heteroatoms. The van der Waals surface area contributed by atoms with Gasteiger partial charge in [-0.05, 0) is 42.2 Å². The molecule has 0 radical (unpaired) electrons. The molecule has 2 rings (SSSR count). The molecular weight excluding hydrogens is 491 g/mol. The third-order valence-electron chi connectivity index (χ3n) is 4.35. The molecular formula is C23H33IN4O2. The Labute approximate surface area is 197 Å². The van der Waals surface area contributed by atoms with Gasteiger partial charge in [-0.25, -0.2) is 4.99 Å². The maximum Gasteiger partial charge on any atom is 0.253 e. The zero-order chi connectivity index (χ0) is 21.1. The number of carbonyl (C=O) groups excluding carboxylic acids is 1. The van der Waals surface area contributed by atoms with Gasteiger partial charge in [-0.1, -0.05) is 36.4 Å². The molecule has 2 aromatic rings. The van der Waals surface area contributed by atoms with E-state index in [9.17, 15) is 4.79 Å². The molecule has 1 amide bonds. The van der Waals surface area contributed by atoms with Gasteiger partial charge in [0.1, 0.15) is 0 Å². The van der Waals surface area contributed by atoms with E-state index in [0.717, 1.165) is 42.2 Å². The number of halogens is 1. The Hall–Kier alpha value is -2.13. The summed E-state index contributed by atoms with van der Waals surface area (Å²) < 4.78 is 5.19. The van der Waals surface area contributed by atoms with Crippen molar-refractivity contribution in [1.29, 1.82) is 0 Å². The van der Waals surface area contributed by atoms with Crippen molar-refractivity contribution in [2.45, 2.75) is 26.5 Å². The van der Waals surface area contributed by atoms with E-state index in [-0.39, 0.29) is 29.9 Å². The van der Waals surface area contributed by atoms with E-state index in [1.165, 1.54) is 0 Å². The predicted molar refractivity (Wildman–Crippen MR) is 134 cm³/mol. The first-order valence-corrected chi connectivity index (χ1v) is 9.93. The number of ether oxygens (including phenoxy) is 1. The number of nitrogens with zero attached hydrogens (tertiary/aromatic N) is 2. The topological polar surface area (TPSA) is 66.0 Å². The van der Waals surface area contributed by atoms with Crippen LogP contribution in [0.5, 0.6) is 0 Å². The van der Waals surface area contributed by atoms with Crippen molar-refractivity contribution in [3.05, 3.63) is 70.8 Å². The molecule has 6 nitrogen and oxygen atoms in total. The SMILES string of the molecule is CCNC(=NCc1cccc(COC)c1)NCCc1cccc(C(=O)N(C)C)c1.I. The van der Waals surface area contributed by atoms with Crippen LogP contribution in [0.1, 0.15) is 34.0 Å². The lowest BCUT2D eigenvalue weighted by Crippen LogP contribution is -2.38. The molecule has 0 saturated carbocycles. The Morgan fingerprint density at radius 3 is 2.43 bits per heavy atom. The van der Waals surface area contributed by atoms with E-state index >= 15 is 0 Å². The van der Waals surface area contributed by atoms with Gasteiger partial charge in [-0.2, -0.15) is 0 Å². The Morgan fingerprint density at radius 1 is 1.03 bits per heavy atom. The summed E-state index contributed by atoms with van der Waals surface area (Å²) in [4.78, 5) is 18.4. The molecule has 0 bridgehead atoms. The molecule has 0 heterocycles. The van der Waals surface area contributed by atoms with Crippen LogP contribution >= 0.6 is 24.0 Å². The lowest BCUT2D eigenvalue weighted by Gasteiger charge is -2.13. The number of amides is 1. The highest BCUT2D eigenvalue weighted by molar-refractivity contribution is 14.0. The molecule has 0 spiro atoms. The van der Waals surface area contributed by atoms with Crippen molar-refractivity contribution >= 4 is 35.8 Å². The van der Waals surface area contributed by atoms with Crippen LogP contribution in [0, 0.1) is 0 Å². The van der Waals surface area contributed by atoms with Gasteiger partial charge in [0, 0.05) is 39.9 Å². The molecule has 164 valence electrons. The first-order valence-electron chi connectivity index (χ1n) is 9.93. The summed E-state index contributed by atoms with van der Waals surface area (Å²) in [6, 6.07) is 16.0. The highest BCUT2D eigenvalue weighted by atomic mass is 127. The third-order valence-corrected chi connectivity index (χ3v) is 4.35. The van der Waals surface area contributed by atoms with E-state index in [4.69, 9.17) is 4.74 Å². The maximum atomic E-state index is 12.1. The second-order valence-corrected chi connectivity index (χ2v) is 7.02. The van der Waals surface area contributed by atoms with Gasteiger partial charge in [0.2, 0.25) is 0 Å². The van der Waals surface area contributed by atoms with E-state index < -0.39 is 0 Å². The fourth-order valence-corrected chi connectivity index (χ4v) is 2.94. The molecule has 2 N–H and O–H groups in total. The number of hydrogen-bond acceptors (Lipinski definition) is 3. The van der Waals surface area contributed by atoms with Crippen molar-refractivity contribution in [2.24, 2.45) is 4.99 Å². The fourth-order valence-electron chi connectivity index (χ4n) is 2.94. The van der Waals surface area contributed by atoms with Crippen LogP contribution in [0.25, 0.3) is 0 Å². The second-order valence-electron chi connectivity index (χ2n) is 7.02. The van der Waals surface area contributed by atoms with Gasteiger partial charge in [-0.15, -0.1) is 24.0 Å². The number of aliphatic imine (C=N–C) groups is 1. The summed E-state index contributed by atoms with van der Waals surface area (Å²) in [5, 5.41) is 6.65. The van der Waals surface area contributed by atoms with Crippen LogP contribution in [-0.4, -0.2) is 51.1 Å². The van der Waals surface area contributed by atoms with Crippen molar-refractivity contribution in [3.63, 3.8) is 0 Å². The maximum absolute atomic E-state index is 12.1. The van der Waals surface area contributed by atoms with Crippen LogP contribution in [0.2, 0.25) is 0 Å². The van der Waals surface area contributed by atoms with Gasteiger partial charge in [0.05, 0.1) is 13.2 Å². The minimum Gasteiger partial charge on any atom is -0.380 e. The summed E-state index contributed by atoms with van der Waals surface area (Å²) in [7, 11) is 5.23. The molecule has 30 heavy (non-hydrogen) atoms. The summed E-state index contributed by atoms with van der Waals surface area (Å²) in [5.74, 6) is 0.801. The molecule has 0 atom stereocenters. The molecule has 0 aliphatic rings. The molecule has 0 aliphatic heterocycles. The molecule has 2 aromatic carbocycles. The highest BCUT2D eigenvalue weighted by Crippen LogP contribution is 2.09. The molecule has 0 aliphatic carbocycles. The van der Waals surface area contributed by atoms with Gasteiger partial charge in [0.25, 0.3) is 5.91 Å². The molecule has 0 unspecified atom stereocenters. The van der Waals surface area contributed by atoms with Gasteiger partial charge < -0.3 is 20.3 Å². The third kappa shape index (κ3) is 8.71. The first-order chi connectivity index (χ1) is 14.0. The van der Waals surface area contributed by atoms with E-state index in [1.807, 2.05) is 37.3 Å². The smallest absolute Gasteiger partial charge is 0.253 e. The average Bonchev–Trinajstić information content (AvgIpc) is 2.72. The van der Waals surface area contributed by atoms with Crippen molar-refractivity contribution in [3.8, 4) is 0 Å². The van der Waals surface area contributed by atoms with Crippen LogP contribution in [0.3, 0.4) is 0 Å². The Balaban J connectivity index is 0.00000450. The monoisotopic (exact) mass is 524 g/mol. The van der Waals surface area contributed by atoms with Gasteiger partial charge in [-0.3, -0.25) is 4.79 Å². The van der Waals surface area contributed by atoms with E-state index in [0.29, 0.717) is 18.7 Å². The normalized spacial score (nSPS) is 10.9. The number of rotatable bonds is 9. The number of methoxy groups -OCH3 is 1. The highest BCUT2D eigenvalue weighted by Gasteiger charge is 2.08. The standard InChI is InChI=1S/C23H32N4O2.HI/c1-5-24-23(26-16-19-9-6-10-20(14-19)17-29-4)25-13-12-18-8-7-11-21(15-18)22(28)27(2)3;/h6-11,14-15H,5,12-13,16-17H2,1-4H3,(H2,24,25,26);1H. The summed E-state index contributed by atoms with van der Waals surface area (Å²) >= 11 is 0. The Kier molecular flexibility index (Phi) is 12.1. The van der Waals surface area contributed by atoms with E-state index in [1.54, 1.807) is 26.1 Å². The van der Waals surface area contributed by atoms with Crippen LogP contribution in [0.4, 0.5) is 0 Å². The molecule has 0 aromatic heterocycles. The number of hydrogen-bond donors (Lipinski definition) is 2. The molecule has 0 fully saturated rings. The minimum atomic E-state index is 0. The second kappa shape index (κ2) is 14.0. The van der Waals surface area contributed by atoms with Crippen molar-refractivity contribution < 1.29 is 9.53 Å². The number of carbonyl (C=O) groups is 1.